The number of hydrogen-bond acceptors (Lipinski definition) is 4. The van der Waals surface area contributed by atoms with E-state index in [0.29, 0.717) is 11.7 Å². The van der Waals surface area contributed by atoms with Crippen LogP contribution in [0.5, 0.6) is 0 Å². The van der Waals surface area contributed by atoms with E-state index in [1.165, 1.54) is 0 Å². The average molecular weight is 276 g/mol. The van der Waals surface area contributed by atoms with Gasteiger partial charge in [0, 0.05) is 0 Å². The Morgan fingerprint density at radius 2 is 1.92 bits per heavy atom. The van der Waals surface area contributed by atoms with Crippen LogP contribution >= 0.6 is 17.1 Å². The molecule has 12 heavy (non-hydrogen) atoms. The summed E-state index contributed by atoms with van der Waals surface area (Å²) in [6, 6.07) is 0. The molecule has 0 aliphatic rings. The predicted molar refractivity (Wildman–Crippen MR) is 50.8 cm³/mol. The van der Waals surface area contributed by atoms with E-state index in [9.17, 15) is 9.79 Å². The molecule has 0 aliphatic heterocycles. The van der Waals surface area contributed by atoms with Crippen molar-refractivity contribution in [3.63, 3.8) is 0 Å². The van der Waals surface area contributed by atoms with Crippen LogP contribution in [0.25, 0.3) is 0 Å². The van der Waals surface area contributed by atoms with Gasteiger partial charge in [-0.15, -0.1) is 11.8 Å². The topological polar surface area (TPSA) is 46.1 Å². The van der Waals surface area contributed by atoms with Gasteiger partial charge in [-0.3, -0.25) is 0 Å². The van der Waals surface area contributed by atoms with E-state index in [-0.39, 0.29) is 17.1 Å². The fourth-order valence-corrected chi connectivity index (χ4v) is 2.92. The van der Waals surface area contributed by atoms with Gasteiger partial charge in [-0.2, -0.15) is 17.1 Å². The second-order valence-electron chi connectivity index (χ2n) is 2.82. The molecule has 0 amide bonds. The zero-order chi connectivity index (χ0) is 8.91. The summed E-state index contributed by atoms with van der Waals surface area (Å²) in [7, 11) is 0. The standard InChI is InChI=1S/C6H15O2PS2.Cu/c1-6(2)4-3-5-11-9(7,8)10;/h6H,3-5H2,1-2H3,(H2,7,8,10);/q;+2/p-2. The van der Waals surface area contributed by atoms with Crippen LogP contribution in [-0.4, -0.2) is 5.75 Å². The second kappa shape index (κ2) is 7.81. The van der Waals surface area contributed by atoms with E-state index in [1.807, 2.05) is 0 Å². The third-order valence-electron chi connectivity index (χ3n) is 1.18. The van der Waals surface area contributed by atoms with Gasteiger partial charge in [-0.25, -0.2) is 0 Å². The van der Waals surface area contributed by atoms with Crippen molar-refractivity contribution in [2.24, 2.45) is 5.92 Å². The van der Waals surface area contributed by atoms with Gasteiger partial charge in [0.1, 0.15) is 0 Å². The van der Waals surface area contributed by atoms with Crippen LogP contribution in [0.4, 0.5) is 0 Å². The Bertz CT molecular complexity index is 148. The largest absolute Gasteiger partial charge is 2.00 e. The minimum atomic E-state index is -3.48. The van der Waals surface area contributed by atoms with Crippen LogP contribution in [-0.2, 0) is 28.9 Å². The summed E-state index contributed by atoms with van der Waals surface area (Å²) in [6.45, 7) is 4.24. The van der Waals surface area contributed by atoms with Crippen LogP contribution in [0, 0.1) is 5.92 Å². The summed E-state index contributed by atoms with van der Waals surface area (Å²) in [4.78, 5) is 21.0. The Labute approximate surface area is 93.9 Å². The van der Waals surface area contributed by atoms with Crippen molar-refractivity contribution in [1.29, 1.82) is 0 Å². The molecule has 2 nitrogen and oxygen atoms in total. The molecule has 6 heteroatoms. The van der Waals surface area contributed by atoms with Crippen molar-refractivity contribution in [2.45, 2.75) is 26.7 Å². The summed E-state index contributed by atoms with van der Waals surface area (Å²) < 4.78 is 0. The average Bonchev–Trinajstić information content (AvgIpc) is 1.78. The molecule has 0 bridgehead atoms. The van der Waals surface area contributed by atoms with E-state index >= 15 is 0 Å². The van der Waals surface area contributed by atoms with E-state index in [1.54, 1.807) is 0 Å². The van der Waals surface area contributed by atoms with E-state index < -0.39 is 5.69 Å². The molecule has 0 rings (SSSR count). The van der Waals surface area contributed by atoms with E-state index in [2.05, 4.69) is 25.7 Å². The Balaban J connectivity index is 0. The summed E-state index contributed by atoms with van der Waals surface area (Å²) in [5.74, 6) is 1.29. The van der Waals surface area contributed by atoms with Crippen LogP contribution in [0.15, 0.2) is 0 Å². The number of hydrogen-bond donors (Lipinski definition) is 0. The maximum absolute atomic E-state index is 10.5. The molecule has 0 aliphatic carbocycles. The van der Waals surface area contributed by atoms with Crippen molar-refractivity contribution in [2.75, 3.05) is 5.75 Å². The van der Waals surface area contributed by atoms with Gasteiger partial charge in [0.05, 0.1) is 0 Å². The third kappa shape index (κ3) is 14.0. The van der Waals surface area contributed by atoms with Gasteiger partial charge >= 0.3 is 17.1 Å². The molecule has 0 aromatic heterocycles. The zero-order valence-corrected chi connectivity index (χ0v) is 10.5. The molecular weight excluding hydrogens is 263 g/mol. The van der Waals surface area contributed by atoms with Gasteiger partial charge < -0.3 is 9.79 Å². The minimum absolute atomic E-state index is 0. The SMILES string of the molecule is CC(C)CCCSP([O-])([O-])=S.[Cu+2]. The third-order valence-corrected chi connectivity index (χ3v) is 4.41. The van der Waals surface area contributed by atoms with Crippen LogP contribution in [0.2, 0.25) is 0 Å². The van der Waals surface area contributed by atoms with Crippen LogP contribution in [0.3, 0.4) is 0 Å². The molecule has 1 radical (unpaired) electrons. The molecule has 0 aromatic carbocycles. The summed E-state index contributed by atoms with van der Waals surface area (Å²) in [6.07, 6.45) is 2.01. The first kappa shape index (κ1) is 15.9. The minimum Gasteiger partial charge on any atom is -0.825 e. The first-order valence-electron chi connectivity index (χ1n) is 3.58. The van der Waals surface area contributed by atoms with E-state index in [0.717, 1.165) is 24.2 Å². The van der Waals surface area contributed by atoms with Gasteiger partial charge in [-0.1, -0.05) is 20.3 Å². The van der Waals surface area contributed by atoms with Crippen molar-refractivity contribution in [1.82, 2.24) is 0 Å². The van der Waals surface area contributed by atoms with Crippen LogP contribution in [0.1, 0.15) is 26.7 Å². The van der Waals surface area contributed by atoms with Crippen molar-refractivity contribution in [3.8, 4) is 0 Å². The first-order valence-corrected chi connectivity index (χ1v) is 7.81. The maximum atomic E-state index is 10.5. The second-order valence-corrected chi connectivity index (χ2v) is 8.73. The van der Waals surface area contributed by atoms with Crippen LogP contribution < -0.4 is 9.79 Å². The molecular formula is C6H13CuO2PS2. The molecule has 0 unspecified atom stereocenters. The fraction of sp³-hybridized carbons (Fsp3) is 1.00. The monoisotopic (exact) mass is 275 g/mol. The normalized spacial score (nSPS) is 11.4. The summed E-state index contributed by atoms with van der Waals surface area (Å²) >= 11 is 5.12. The molecule has 0 aromatic rings. The Kier molecular flexibility index (Phi) is 10.3. The molecule has 0 fully saturated rings. The Morgan fingerprint density at radius 3 is 2.25 bits per heavy atom. The predicted octanol–water partition coefficient (Wildman–Crippen LogP) is 1.10. The molecule has 0 spiro atoms. The fourth-order valence-electron chi connectivity index (χ4n) is 0.668. The van der Waals surface area contributed by atoms with Crippen molar-refractivity contribution < 1.29 is 26.9 Å². The quantitative estimate of drug-likeness (QED) is 0.428. The Hall–Kier alpha value is 1.44. The molecule has 0 saturated heterocycles. The van der Waals surface area contributed by atoms with Gasteiger partial charge in [-0.05, 0) is 18.1 Å². The van der Waals surface area contributed by atoms with Gasteiger partial charge in [0.25, 0.3) is 0 Å². The smallest absolute Gasteiger partial charge is 0.825 e. The number of rotatable bonds is 5. The summed E-state index contributed by atoms with van der Waals surface area (Å²) in [5, 5.41) is 0. The Morgan fingerprint density at radius 1 is 1.42 bits per heavy atom. The zero-order valence-electron chi connectivity index (χ0n) is 7.08. The van der Waals surface area contributed by atoms with Gasteiger partial charge in [0.15, 0.2) is 0 Å². The van der Waals surface area contributed by atoms with Gasteiger partial charge in [0.2, 0.25) is 0 Å². The first-order chi connectivity index (χ1) is 4.92. The van der Waals surface area contributed by atoms with E-state index in [4.69, 9.17) is 0 Å². The van der Waals surface area contributed by atoms with Crippen molar-refractivity contribution in [3.05, 3.63) is 0 Å². The molecule has 0 N–H and O–H groups in total. The summed E-state index contributed by atoms with van der Waals surface area (Å²) in [5.41, 5.74) is -3.48. The molecule has 0 heterocycles. The van der Waals surface area contributed by atoms with Crippen molar-refractivity contribution >= 4 is 28.9 Å². The molecule has 0 atom stereocenters. The molecule has 0 saturated carbocycles. The maximum Gasteiger partial charge on any atom is 2.00 e. The molecule has 77 valence electrons.